The molecule has 0 spiro atoms. The Hall–Kier alpha value is -1.93. The summed E-state index contributed by atoms with van der Waals surface area (Å²) < 4.78 is 21.8. The lowest BCUT2D eigenvalue weighted by Crippen LogP contribution is -2.19. The number of fused-ring (bicyclic) bond motifs is 1. The molecule has 21 heavy (non-hydrogen) atoms. The fourth-order valence-electron chi connectivity index (χ4n) is 1.93. The largest absolute Gasteiger partial charge is 0.369 e. The Bertz CT molecular complexity index is 718. The second kappa shape index (κ2) is 6.68. The summed E-state index contributed by atoms with van der Waals surface area (Å²) in [6.45, 7) is 3.17. The third kappa shape index (κ3) is 4.54. The Morgan fingerprint density at radius 1 is 1.19 bits per heavy atom. The van der Waals surface area contributed by atoms with Gasteiger partial charge in [-0.25, -0.2) is 18.5 Å². The smallest absolute Gasteiger partial charge is 0.225 e. The molecule has 114 valence electrons. The first-order valence-electron chi connectivity index (χ1n) is 6.74. The van der Waals surface area contributed by atoms with Gasteiger partial charge in [0.05, 0.1) is 11.3 Å². The molecular weight excluding hydrogens is 290 g/mol. The van der Waals surface area contributed by atoms with Crippen molar-refractivity contribution in [1.29, 1.82) is 0 Å². The molecule has 0 aliphatic carbocycles. The molecule has 0 unspecified atom stereocenters. The van der Waals surface area contributed by atoms with Crippen molar-refractivity contribution in [1.82, 2.24) is 9.97 Å². The summed E-state index contributed by atoms with van der Waals surface area (Å²) in [5.74, 6) is 1.18. The van der Waals surface area contributed by atoms with Gasteiger partial charge in [0.1, 0.15) is 5.82 Å². The van der Waals surface area contributed by atoms with Gasteiger partial charge < -0.3 is 10.6 Å². The lowest BCUT2D eigenvalue weighted by molar-refractivity contribution is 0.596. The van der Waals surface area contributed by atoms with E-state index in [1.54, 1.807) is 0 Å². The Balaban J connectivity index is 2.17. The van der Waals surface area contributed by atoms with Crippen molar-refractivity contribution >= 4 is 32.7 Å². The maximum Gasteiger partial charge on any atom is 0.225 e. The average molecular weight is 309 g/mol. The number of nitrogens with zero attached hydrogens (tertiary/aromatic N) is 2. The average Bonchev–Trinajstić information content (AvgIpc) is 2.43. The maximum absolute atomic E-state index is 10.9. The van der Waals surface area contributed by atoms with Crippen molar-refractivity contribution in [2.75, 3.05) is 29.5 Å². The molecule has 0 bridgehead atoms. The molecule has 0 aliphatic heterocycles. The van der Waals surface area contributed by atoms with E-state index in [9.17, 15) is 8.42 Å². The minimum absolute atomic E-state index is 0.0525. The first-order valence-corrected chi connectivity index (χ1v) is 8.46. The molecule has 0 saturated heterocycles. The highest BCUT2D eigenvalue weighted by molar-refractivity contribution is 7.89. The van der Waals surface area contributed by atoms with Crippen LogP contribution in [-0.2, 0) is 10.0 Å². The van der Waals surface area contributed by atoms with E-state index in [2.05, 4.69) is 20.6 Å². The van der Waals surface area contributed by atoms with E-state index in [0.29, 0.717) is 24.7 Å². The van der Waals surface area contributed by atoms with Crippen LogP contribution in [0.4, 0.5) is 11.8 Å². The topological polar surface area (TPSA) is 110 Å². The number of para-hydroxylation sites is 1. The maximum atomic E-state index is 10.9. The van der Waals surface area contributed by atoms with Crippen LogP contribution in [0.3, 0.4) is 0 Å². The Morgan fingerprint density at radius 2 is 1.95 bits per heavy atom. The highest BCUT2D eigenvalue weighted by Crippen LogP contribution is 2.21. The summed E-state index contributed by atoms with van der Waals surface area (Å²) in [5, 5.41) is 12.1. The molecule has 0 atom stereocenters. The van der Waals surface area contributed by atoms with Crippen LogP contribution in [0.15, 0.2) is 24.3 Å². The number of nitrogens with one attached hydrogen (secondary N) is 2. The zero-order chi connectivity index (χ0) is 15.3. The van der Waals surface area contributed by atoms with Crippen LogP contribution < -0.4 is 15.8 Å². The molecule has 2 rings (SSSR count). The summed E-state index contributed by atoms with van der Waals surface area (Å²) in [6, 6.07) is 7.66. The highest BCUT2D eigenvalue weighted by Gasteiger charge is 2.07. The number of sulfonamides is 1. The molecule has 0 fully saturated rings. The van der Waals surface area contributed by atoms with E-state index in [4.69, 9.17) is 5.14 Å². The van der Waals surface area contributed by atoms with Crippen molar-refractivity contribution in [3.05, 3.63) is 24.3 Å². The number of primary sulfonamides is 1. The van der Waals surface area contributed by atoms with Crippen LogP contribution in [0.2, 0.25) is 0 Å². The van der Waals surface area contributed by atoms with Crippen LogP contribution in [-0.4, -0.2) is 37.2 Å². The normalized spacial score (nSPS) is 11.5. The molecule has 0 saturated carbocycles. The Kier molecular flexibility index (Phi) is 4.92. The van der Waals surface area contributed by atoms with Crippen LogP contribution in [0.1, 0.15) is 13.3 Å². The molecule has 2 aromatic rings. The summed E-state index contributed by atoms with van der Waals surface area (Å²) in [4.78, 5) is 8.83. The fourth-order valence-corrected chi connectivity index (χ4v) is 2.48. The fraction of sp³-hybridized carbons (Fsp3) is 0.385. The van der Waals surface area contributed by atoms with E-state index in [1.807, 2.05) is 31.2 Å². The SMILES string of the molecule is CCNc1nc(NCCCS(N)(=O)=O)c2ccccc2n1. The number of nitrogens with two attached hydrogens (primary N) is 1. The zero-order valence-corrected chi connectivity index (χ0v) is 12.7. The number of hydrogen-bond donors (Lipinski definition) is 3. The van der Waals surface area contributed by atoms with Crippen molar-refractivity contribution in [3.63, 3.8) is 0 Å². The third-order valence-electron chi connectivity index (χ3n) is 2.84. The summed E-state index contributed by atoms with van der Waals surface area (Å²) in [7, 11) is -3.42. The zero-order valence-electron chi connectivity index (χ0n) is 11.8. The lowest BCUT2D eigenvalue weighted by atomic mass is 10.2. The van der Waals surface area contributed by atoms with E-state index in [1.165, 1.54) is 0 Å². The summed E-state index contributed by atoms with van der Waals surface area (Å²) in [5.41, 5.74) is 0.831. The molecular formula is C13H19N5O2S. The van der Waals surface area contributed by atoms with Gasteiger partial charge in [-0.3, -0.25) is 0 Å². The highest BCUT2D eigenvalue weighted by atomic mass is 32.2. The van der Waals surface area contributed by atoms with Crippen molar-refractivity contribution < 1.29 is 8.42 Å². The van der Waals surface area contributed by atoms with Gasteiger partial charge in [-0.2, -0.15) is 4.98 Å². The standard InChI is InChI=1S/C13H19N5O2S/c1-2-15-13-17-11-7-4-3-6-10(11)12(18-13)16-8-5-9-21(14,19)20/h3-4,6-7H,2,5,8-9H2,1H3,(H2,14,19,20)(H2,15,16,17,18). The molecule has 4 N–H and O–H groups in total. The predicted octanol–water partition coefficient (Wildman–Crippen LogP) is 1.15. The Morgan fingerprint density at radius 3 is 2.67 bits per heavy atom. The molecule has 0 radical (unpaired) electrons. The van der Waals surface area contributed by atoms with Gasteiger partial charge in [-0.05, 0) is 25.5 Å². The number of hydrogen-bond acceptors (Lipinski definition) is 6. The van der Waals surface area contributed by atoms with Crippen LogP contribution in [0.5, 0.6) is 0 Å². The molecule has 1 heterocycles. The van der Waals surface area contributed by atoms with E-state index in [-0.39, 0.29) is 5.75 Å². The molecule has 8 heteroatoms. The minimum Gasteiger partial charge on any atom is -0.369 e. The van der Waals surface area contributed by atoms with Gasteiger partial charge in [0.2, 0.25) is 16.0 Å². The number of rotatable bonds is 7. The van der Waals surface area contributed by atoms with E-state index < -0.39 is 10.0 Å². The van der Waals surface area contributed by atoms with Crippen molar-refractivity contribution in [3.8, 4) is 0 Å². The van der Waals surface area contributed by atoms with Gasteiger partial charge in [0.15, 0.2) is 0 Å². The van der Waals surface area contributed by atoms with Gasteiger partial charge in [-0.15, -0.1) is 0 Å². The van der Waals surface area contributed by atoms with Crippen LogP contribution >= 0.6 is 0 Å². The predicted molar refractivity (Wildman–Crippen MR) is 84.8 cm³/mol. The number of aromatic nitrogens is 2. The second-order valence-corrected chi connectivity index (χ2v) is 6.32. The molecule has 7 nitrogen and oxygen atoms in total. The molecule has 1 aromatic carbocycles. The molecule has 0 aliphatic rings. The quantitative estimate of drug-likeness (QED) is 0.662. The second-order valence-electron chi connectivity index (χ2n) is 4.59. The first kappa shape index (κ1) is 15.5. The van der Waals surface area contributed by atoms with Gasteiger partial charge in [0.25, 0.3) is 0 Å². The monoisotopic (exact) mass is 309 g/mol. The number of anilines is 2. The van der Waals surface area contributed by atoms with Crippen molar-refractivity contribution in [2.45, 2.75) is 13.3 Å². The number of benzene rings is 1. The van der Waals surface area contributed by atoms with Gasteiger partial charge in [-0.1, -0.05) is 12.1 Å². The van der Waals surface area contributed by atoms with Crippen LogP contribution in [0, 0.1) is 0 Å². The van der Waals surface area contributed by atoms with E-state index >= 15 is 0 Å². The molecule has 1 aromatic heterocycles. The van der Waals surface area contributed by atoms with E-state index in [0.717, 1.165) is 17.4 Å². The summed E-state index contributed by atoms with van der Waals surface area (Å²) >= 11 is 0. The third-order valence-corrected chi connectivity index (χ3v) is 3.69. The molecule has 0 amide bonds. The van der Waals surface area contributed by atoms with Gasteiger partial charge in [0, 0.05) is 18.5 Å². The first-order chi connectivity index (χ1) is 9.99. The summed E-state index contributed by atoms with van der Waals surface area (Å²) in [6.07, 6.45) is 0.424. The van der Waals surface area contributed by atoms with Gasteiger partial charge >= 0.3 is 0 Å². The Labute approximate surface area is 124 Å². The lowest BCUT2D eigenvalue weighted by Gasteiger charge is -2.11. The minimum atomic E-state index is -3.42. The van der Waals surface area contributed by atoms with Crippen LogP contribution in [0.25, 0.3) is 10.9 Å². The van der Waals surface area contributed by atoms with Crippen molar-refractivity contribution in [2.24, 2.45) is 5.14 Å².